The molecule has 0 radical (unpaired) electrons. The Morgan fingerprint density at radius 1 is 1.41 bits per heavy atom. The van der Waals surface area contributed by atoms with Crippen LogP contribution in [0.15, 0.2) is 12.1 Å². The highest BCUT2D eigenvalue weighted by Crippen LogP contribution is 2.24. The monoisotopic (exact) mass is 268 g/mol. The predicted molar refractivity (Wildman–Crippen MR) is 58.0 cm³/mol. The van der Waals surface area contributed by atoms with Gasteiger partial charge in [-0.05, 0) is 19.0 Å². The number of halogens is 3. The normalized spacial score (nSPS) is 11.7. The second-order valence-electron chi connectivity index (χ2n) is 3.39. The first-order valence-corrected chi connectivity index (χ1v) is 5.71. The molecule has 96 valence electrons. The highest BCUT2D eigenvalue weighted by Gasteiger charge is 2.25. The molecule has 8 heteroatoms. The van der Waals surface area contributed by atoms with Gasteiger partial charge in [0.1, 0.15) is 0 Å². The van der Waals surface area contributed by atoms with Gasteiger partial charge in [0.2, 0.25) is 0 Å². The second-order valence-corrected chi connectivity index (χ2v) is 4.54. The Bertz CT molecular complexity index is 379. The van der Waals surface area contributed by atoms with E-state index in [1.54, 1.807) is 6.07 Å². The average Bonchev–Trinajstić information content (AvgIpc) is 2.64. The maximum Gasteiger partial charge on any atom is 0.389 e. The summed E-state index contributed by atoms with van der Waals surface area (Å²) < 4.78 is 35.4. The van der Waals surface area contributed by atoms with Crippen molar-refractivity contribution in [2.45, 2.75) is 25.6 Å². The molecule has 0 unspecified atom stereocenters. The van der Waals surface area contributed by atoms with Crippen molar-refractivity contribution in [3.8, 4) is 0 Å². The lowest BCUT2D eigenvalue weighted by molar-refractivity contribution is -0.380. The number of nitrogens with zero attached hydrogens (tertiary/aromatic N) is 1. The maximum atomic E-state index is 11.8. The zero-order chi connectivity index (χ0) is 12.9. The third-order valence-electron chi connectivity index (χ3n) is 1.94. The lowest BCUT2D eigenvalue weighted by Gasteiger charge is -2.06. The molecule has 0 aromatic carbocycles. The minimum Gasteiger partial charge on any atom is -0.312 e. The molecule has 1 aromatic heterocycles. The topological polar surface area (TPSA) is 55.2 Å². The van der Waals surface area contributed by atoms with Gasteiger partial charge in [0, 0.05) is 23.9 Å². The van der Waals surface area contributed by atoms with Crippen LogP contribution in [0.25, 0.3) is 0 Å². The van der Waals surface area contributed by atoms with E-state index in [0.29, 0.717) is 6.54 Å². The quantitative estimate of drug-likeness (QED) is 0.490. The van der Waals surface area contributed by atoms with Crippen molar-refractivity contribution >= 4 is 16.3 Å². The Hall–Kier alpha value is -1.15. The molecular formula is C9H11F3N2O2S. The van der Waals surface area contributed by atoms with Crippen molar-refractivity contribution in [1.82, 2.24) is 5.32 Å². The number of thiophene rings is 1. The summed E-state index contributed by atoms with van der Waals surface area (Å²) >= 11 is 1.02. The van der Waals surface area contributed by atoms with Gasteiger partial charge in [-0.25, -0.2) is 0 Å². The summed E-state index contributed by atoms with van der Waals surface area (Å²) in [6.45, 7) is 0.599. The van der Waals surface area contributed by atoms with Crippen LogP contribution in [0, 0.1) is 10.1 Å². The van der Waals surface area contributed by atoms with Gasteiger partial charge in [-0.2, -0.15) is 13.2 Å². The van der Waals surface area contributed by atoms with Crippen molar-refractivity contribution in [3.63, 3.8) is 0 Å². The maximum absolute atomic E-state index is 11.8. The number of hydrogen-bond donors (Lipinski definition) is 1. The molecule has 17 heavy (non-hydrogen) atoms. The fourth-order valence-electron chi connectivity index (χ4n) is 1.19. The van der Waals surface area contributed by atoms with Crippen LogP contribution in [0.2, 0.25) is 0 Å². The average molecular weight is 268 g/mol. The fraction of sp³-hybridized carbons (Fsp3) is 0.556. The largest absolute Gasteiger partial charge is 0.389 e. The Balaban J connectivity index is 2.20. The highest BCUT2D eigenvalue weighted by molar-refractivity contribution is 7.15. The minimum absolute atomic E-state index is 0.0109. The van der Waals surface area contributed by atoms with Crippen LogP contribution in [0.1, 0.15) is 17.7 Å². The standard InChI is InChI=1S/C9H11F3N2O2S/c10-9(11,12)4-1-5-13-6-7-2-3-8(17-7)14(15)16/h2-3,13H,1,4-6H2. The first-order chi connectivity index (χ1) is 7.88. The molecule has 0 bridgehead atoms. The van der Waals surface area contributed by atoms with Crippen molar-refractivity contribution in [3.05, 3.63) is 27.1 Å². The molecule has 0 saturated carbocycles. The zero-order valence-electron chi connectivity index (χ0n) is 8.79. The number of alkyl halides is 3. The Labute approximate surface area is 99.6 Å². The van der Waals surface area contributed by atoms with Gasteiger partial charge in [-0.3, -0.25) is 10.1 Å². The predicted octanol–water partition coefficient (Wildman–Crippen LogP) is 3.09. The van der Waals surface area contributed by atoms with Crippen LogP contribution in [0.3, 0.4) is 0 Å². The van der Waals surface area contributed by atoms with Crippen molar-refractivity contribution in [2.24, 2.45) is 0 Å². The van der Waals surface area contributed by atoms with E-state index in [-0.39, 0.29) is 18.0 Å². The van der Waals surface area contributed by atoms with Crippen molar-refractivity contribution < 1.29 is 18.1 Å². The van der Waals surface area contributed by atoms with E-state index in [4.69, 9.17) is 0 Å². The van der Waals surface area contributed by atoms with Crippen LogP contribution in [0.5, 0.6) is 0 Å². The SMILES string of the molecule is O=[N+]([O-])c1ccc(CNCCCC(F)(F)F)s1. The molecule has 0 fully saturated rings. The van der Waals surface area contributed by atoms with Gasteiger partial charge in [0.25, 0.3) is 0 Å². The fourth-order valence-corrected chi connectivity index (χ4v) is 1.97. The first-order valence-electron chi connectivity index (χ1n) is 4.89. The van der Waals surface area contributed by atoms with Gasteiger partial charge in [-0.1, -0.05) is 11.3 Å². The number of nitrogens with one attached hydrogen (secondary N) is 1. The molecule has 1 N–H and O–H groups in total. The number of nitro groups is 1. The lowest BCUT2D eigenvalue weighted by Crippen LogP contribution is -2.17. The van der Waals surface area contributed by atoms with E-state index in [0.717, 1.165) is 16.2 Å². The molecule has 0 aliphatic rings. The van der Waals surface area contributed by atoms with Crippen LogP contribution in [-0.2, 0) is 6.54 Å². The lowest BCUT2D eigenvalue weighted by atomic mass is 10.3. The molecule has 0 amide bonds. The number of hydrogen-bond acceptors (Lipinski definition) is 4. The number of rotatable bonds is 6. The van der Waals surface area contributed by atoms with Crippen LogP contribution >= 0.6 is 11.3 Å². The Morgan fingerprint density at radius 2 is 2.12 bits per heavy atom. The molecule has 0 aliphatic carbocycles. The van der Waals surface area contributed by atoms with E-state index in [1.165, 1.54) is 6.07 Å². The Morgan fingerprint density at radius 3 is 2.65 bits per heavy atom. The van der Waals surface area contributed by atoms with Crippen LogP contribution in [0.4, 0.5) is 18.2 Å². The first kappa shape index (κ1) is 13.9. The summed E-state index contributed by atoms with van der Waals surface area (Å²) in [5.41, 5.74) is 0. The molecule has 0 spiro atoms. The summed E-state index contributed by atoms with van der Waals surface area (Å²) in [6.07, 6.45) is -4.93. The summed E-state index contributed by atoms with van der Waals surface area (Å²) in [7, 11) is 0. The molecule has 1 heterocycles. The Kier molecular flexibility index (Phi) is 4.88. The van der Waals surface area contributed by atoms with E-state index in [9.17, 15) is 23.3 Å². The summed E-state index contributed by atoms with van der Waals surface area (Å²) in [5, 5.41) is 13.2. The highest BCUT2D eigenvalue weighted by atomic mass is 32.1. The third kappa shape index (κ3) is 5.64. The van der Waals surface area contributed by atoms with E-state index >= 15 is 0 Å². The van der Waals surface area contributed by atoms with E-state index in [2.05, 4.69) is 5.32 Å². The van der Waals surface area contributed by atoms with Gasteiger partial charge in [0.15, 0.2) is 0 Å². The second kappa shape index (κ2) is 5.97. The summed E-state index contributed by atoms with van der Waals surface area (Å²) in [4.78, 5) is 10.6. The molecule has 0 aliphatic heterocycles. The molecule has 1 aromatic rings. The third-order valence-corrected chi connectivity index (χ3v) is 2.98. The zero-order valence-corrected chi connectivity index (χ0v) is 9.61. The molecule has 0 atom stereocenters. The van der Waals surface area contributed by atoms with E-state index < -0.39 is 17.5 Å². The van der Waals surface area contributed by atoms with Gasteiger partial charge >= 0.3 is 11.2 Å². The van der Waals surface area contributed by atoms with Gasteiger partial charge in [-0.15, -0.1) is 0 Å². The summed E-state index contributed by atoms with van der Waals surface area (Å²) in [5.74, 6) is 0. The van der Waals surface area contributed by atoms with Crippen LogP contribution in [-0.4, -0.2) is 17.6 Å². The smallest absolute Gasteiger partial charge is 0.312 e. The van der Waals surface area contributed by atoms with Gasteiger partial charge in [0.05, 0.1) is 4.92 Å². The minimum atomic E-state index is -4.12. The molecule has 4 nitrogen and oxygen atoms in total. The van der Waals surface area contributed by atoms with Crippen molar-refractivity contribution in [1.29, 1.82) is 0 Å². The molecule has 1 rings (SSSR count). The van der Waals surface area contributed by atoms with E-state index in [1.807, 2.05) is 0 Å². The molecule has 0 saturated heterocycles. The molecular weight excluding hydrogens is 257 g/mol. The van der Waals surface area contributed by atoms with Crippen LogP contribution < -0.4 is 5.32 Å². The van der Waals surface area contributed by atoms with Crippen molar-refractivity contribution in [2.75, 3.05) is 6.54 Å². The van der Waals surface area contributed by atoms with Gasteiger partial charge < -0.3 is 5.32 Å². The summed E-state index contributed by atoms with van der Waals surface area (Å²) in [6, 6.07) is 2.98.